The SMILES string of the molecule is COC(Nc1nc(N)nc(N)n1)C(OC)(OC)OC. The van der Waals surface area contributed by atoms with Gasteiger partial charge in [0.25, 0.3) is 0 Å². The fraction of sp³-hybridized carbons (Fsp3) is 0.667. The van der Waals surface area contributed by atoms with Crippen LogP contribution in [0.5, 0.6) is 0 Å². The van der Waals surface area contributed by atoms with E-state index in [0.29, 0.717) is 0 Å². The van der Waals surface area contributed by atoms with E-state index in [1.165, 1.54) is 28.4 Å². The van der Waals surface area contributed by atoms with Crippen molar-refractivity contribution in [2.75, 3.05) is 45.2 Å². The van der Waals surface area contributed by atoms with E-state index < -0.39 is 12.2 Å². The quantitative estimate of drug-likeness (QED) is 0.531. The monoisotopic (exact) mass is 274 g/mol. The molecule has 1 unspecified atom stereocenters. The van der Waals surface area contributed by atoms with Crippen LogP contribution < -0.4 is 16.8 Å². The minimum Gasteiger partial charge on any atom is -0.368 e. The van der Waals surface area contributed by atoms with Crippen LogP contribution in [0.3, 0.4) is 0 Å². The molecule has 0 bridgehead atoms. The lowest BCUT2D eigenvalue weighted by molar-refractivity contribution is -0.386. The second-order valence-electron chi connectivity index (χ2n) is 3.35. The molecule has 0 spiro atoms. The zero-order valence-electron chi connectivity index (χ0n) is 11.2. The lowest BCUT2D eigenvalue weighted by atomic mass is 10.4. The summed E-state index contributed by atoms with van der Waals surface area (Å²) in [5, 5.41) is 2.78. The maximum atomic E-state index is 5.47. The first-order valence-corrected chi connectivity index (χ1v) is 5.23. The van der Waals surface area contributed by atoms with Gasteiger partial charge >= 0.3 is 5.97 Å². The molecule has 0 aliphatic heterocycles. The van der Waals surface area contributed by atoms with Crippen molar-refractivity contribution in [1.82, 2.24) is 15.0 Å². The Kier molecular flexibility index (Phi) is 5.18. The van der Waals surface area contributed by atoms with E-state index in [1.807, 2.05) is 0 Å². The summed E-state index contributed by atoms with van der Waals surface area (Å²) in [5.41, 5.74) is 10.9. The summed E-state index contributed by atoms with van der Waals surface area (Å²) in [6.45, 7) is 0. The number of nitrogens with one attached hydrogen (secondary N) is 1. The lowest BCUT2D eigenvalue weighted by Crippen LogP contribution is -2.52. The Bertz CT molecular complexity index is 385. The Morgan fingerprint density at radius 2 is 1.42 bits per heavy atom. The van der Waals surface area contributed by atoms with Crippen molar-refractivity contribution in [3.63, 3.8) is 0 Å². The summed E-state index contributed by atoms with van der Waals surface area (Å²) in [7, 11) is 5.63. The third-order valence-corrected chi connectivity index (χ3v) is 2.34. The van der Waals surface area contributed by atoms with Gasteiger partial charge in [0.2, 0.25) is 24.1 Å². The molecule has 1 aromatic heterocycles. The van der Waals surface area contributed by atoms with Crippen LogP contribution in [0.4, 0.5) is 17.8 Å². The highest BCUT2D eigenvalue weighted by Crippen LogP contribution is 2.21. The molecule has 1 rings (SSSR count). The van der Waals surface area contributed by atoms with E-state index in [9.17, 15) is 0 Å². The molecule has 5 N–H and O–H groups in total. The summed E-state index contributed by atoms with van der Waals surface area (Å²) >= 11 is 0. The molecular weight excluding hydrogens is 256 g/mol. The van der Waals surface area contributed by atoms with Crippen LogP contribution in [-0.2, 0) is 18.9 Å². The summed E-state index contributed by atoms with van der Waals surface area (Å²) in [5.74, 6) is -1.43. The van der Waals surface area contributed by atoms with Gasteiger partial charge in [-0.1, -0.05) is 0 Å². The predicted molar refractivity (Wildman–Crippen MR) is 66.8 cm³/mol. The van der Waals surface area contributed by atoms with Gasteiger partial charge in [-0.05, 0) is 0 Å². The maximum absolute atomic E-state index is 5.47. The summed E-state index contributed by atoms with van der Waals surface area (Å²) < 4.78 is 20.7. The van der Waals surface area contributed by atoms with Crippen LogP contribution in [0.1, 0.15) is 0 Å². The highest BCUT2D eigenvalue weighted by Gasteiger charge is 2.41. The molecule has 0 saturated carbocycles. The molecule has 0 aromatic carbocycles. The standard InChI is InChI=1S/C9H18N6O4/c1-16-5(9(17-2,18-3)19-4)12-8-14-6(10)13-7(11)15-8/h5H,1-4H3,(H5,10,11,12,13,14,15). The fourth-order valence-corrected chi connectivity index (χ4v) is 1.45. The van der Waals surface area contributed by atoms with Crippen molar-refractivity contribution in [3.05, 3.63) is 0 Å². The first kappa shape index (κ1) is 15.3. The number of nitrogens with two attached hydrogens (primary N) is 2. The van der Waals surface area contributed by atoms with Crippen molar-refractivity contribution in [3.8, 4) is 0 Å². The Morgan fingerprint density at radius 3 is 1.79 bits per heavy atom. The third-order valence-electron chi connectivity index (χ3n) is 2.34. The van der Waals surface area contributed by atoms with Crippen molar-refractivity contribution >= 4 is 17.8 Å². The first-order valence-electron chi connectivity index (χ1n) is 5.23. The molecule has 0 saturated heterocycles. The van der Waals surface area contributed by atoms with Crippen molar-refractivity contribution in [2.24, 2.45) is 0 Å². The molecule has 19 heavy (non-hydrogen) atoms. The number of nitrogens with zero attached hydrogens (tertiary/aromatic N) is 3. The second kappa shape index (κ2) is 6.43. The number of methoxy groups -OCH3 is 4. The number of ether oxygens (including phenoxy) is 4. The van der Waals surface area contributed by atoms with Gasteiger partial charge in [0.05, 0.1) is 0 Å². The van der Waals surface area contributed by atoms with Crippen LogP contribution >= 0.6 is 0 Å². The van der Waals surface area contributed by atoms with Crippen LogP contribution in [0.15, 0.2) is 0 Å². The Balaban J connectivity index is 2.98. The number of rotatable bonds is 7. The topological polar surface area (TPSA) is 140 Å². The Hall–Kier alpha value is -1.75. The summed E-state index contributed by atoms with van der Waals surface area (Å²) in [6, 6.07) is 0. The highest BCUT2D eigenvalue weighted by molar-refractivity contribution is 5.37. The fourth-order valence-electron chi connectivity index (χ4n) is 1.45. The molecule has 0 aliphatic carbocycles. The maximum Gasteiger partial charge on any atom is 0.330 e. The van der Waals surface area contributed by atoms with Crippen molar-refractivity contribution in [2.45, 2.75) is 12.2 Å². The van der Waals surface area contributed by atoms with Gasteiger partial charge in [0.15, 0.2) is 0 Å². The Morgan fingerprint density at radius 1 is 0.947 bits per heavy atom. The molecule has 1 atom stereocenters. The largest absolute Gasteiger partial charge is 0.368 e. The zero-order valence-corrected chi connectivity index (χ0v) is 11.2. The molecule has 0 amide bonds. The number of nitrogen functional groups attached to an aromatic ring is 2. The van der Waals surface area contributed by atoms with E-state index >= 15 is 0 Å². The molecular formula is C9H18N6O4. The second-order valence-corrected chi connectivity index (χ2v) is 3.35. The molecule has 1 aromatic rings. The van der Waals surface area contributed by atoms with E-state index in [2.05, 4.69) is 20.3 Å². The Labute approximate surface area is 110 Å². The van der Waals surface area contributed by atoms with E-state index in [-0.39, 0.29) is 17.8 Å². The predicted octanol–water partition coefficient (Wildman–Crippen LogP) is -0.987. The molecule has 1 heterocycles. The van der Waals surface area contributed by atoms with Gasteiger partial charge in [0.1, 0.15) is 0 Å². The zero-order chi connectivity index (χ0) is 14.5. The highest BCUT2D eigenvalue weighted by atomic mass is 16.9. The average Bonchev–Trinajstić information content (AvgIpc) is 2.38. The van der Waals surface area contributed by atoms with Crippen molar-refractivity contribution in [1.29, 1.82) is 0 Å². The minimum atomic E-state index is -1.48. The summed E-state index contributed by atoms with van der Waals surface area (Å²) in [4.78, 5) is 11.4. The van der Waals surface area contributed by atoms with Gasteiger partial charge < -0.3 is 35.7 Å². The molecule has 0 radical (unpaired) electrons. The van der Waals surface area contributed by atoms with Crippen molar-refractivity contribution < 1.29 is 18.9 Å². The van der Waals surface area contributed by atoms with Crippen LogP contribution in [-0.4, -0.2) is 55.6 Å². The normalized spacial score (nSPS) is 13.3. The third kappa shape index (κ3) is 3.38. The number of hydrogen-bond donors (Lipinski definition) is 3. The number of aromatic nitrogens is 3. The van der Waals surface area contributed by atoms with Gasteiger partial charge in [-0.15, -0.1) is 0 Å². The van der Waals surface area contributed by atoms with Crippen LogP contribution in [0.25, 0.3) is 0 Å². The number of anilines is 3. The lowest BCUT2D eigenvalue weighted by Gasteiger charge is -2.35. The summed E-state index contributed by atoms with van der Waals surface area (Å²) in [6.07, 6.45) is -0.867. The van der Waals surface area contributed by atoms with Gasteiger partial charge in [-0.3, -0.25) is 0 Å². The van der Waals surface area contributed by atoms with Crippen LogP contribution in [0, 0.1) is 0 Å². The van der Waals surface area contributed by atoms with E-state index in [0.717, 1.165) is 0 Å². The smallest absolute Gasteiger partial charge is 0.330 e. The van der Waals surface area contributed by atoms with Crippen LogP contribution in [0.2, 0.25) is 0 Å². The van der Waals surface area contributed by atoms with Gasteiger partial charge in [0, 0.05) is 28.4 Å². The molecule has 10 nitrogen and oxygen atoms in total. The molecule has 0 aliphatic rings. The van der Waals surface area contributed by atoms with Gasteiger partial charge in [-0.2, -0.15) is 15.0 Å². The average molecular weight is 274 g/mol. The molecule has 10 heteroatoms. The first-order chi connectivity index (χ1) is 9.01. The van der Waals surface area contributed by atoms with E-state index in [4.69, 9.17) is 30.4 Å². The van der Waals surface area contributed by atoms with E-state index in [1.54, 1.807) is 0 Å². The number of hydrogen-bond acceptors (Lipinski definition) is 10. The molecule has 0 fully saturated rings. The molecule has 108 valence electrons. The minimum absolute atomic E-state index is 0.0253. The van der Waals surface area contributed by atoms with Gasteiger partial charge in [-0.25, -0.2) is 0 Å².